The van der Waals surface area contributed by atoms with Crippen LogP contribution >= 0.6 is 0 Å². The van der Waals surface area contributed by atoms with E-state index in [1.807, 2.05) is 36.4 Å². The van der Waals surface area contributed by atoms with Crippen LogP contribution < -0.4 is 19.5 Å². The van der Waals surface area contributed by atoms with Crippen molar-refractivity contribution in [3.63, 3.8) is 0 Å². The first-order valence-corrected chi connectivity index (χ1v) is 7.78. The molecule has 0 fully saturated rings. The van der Waals surface area contributed by atoms with Crippen LogP contribution in [0.1, 0.15) is 11.1 Å². The van der Waals surface area contributed by atoms with Crippen LogP contribution in [-0.2, 0) is 6.54 Å². The van der Waals surface area contributed by atoms with E-state index in [1.54, 1.807) is 13.3 Å². The summed E-state index contributed by atoms with van der Waals surface area (Å²) in [7, 11) is 1.61. The van der Waals surface area contributed by atoms with Crippen molar-refractivity contribution in [2.75, 3.05) is 19.2 Å². The second-order valence-corrected chi connectivity index (χ2v) is 5.58. The Morgan fingerprint density at radius 3 is 2.92 bits per heavy atom. The Hall–Kier alpha value is -3.46. The smallest absolute Gasteiger partial charge is 0.231 e. The van der Waals surface area contributed by atoms with Gasteiger partial charge in [0.1, 0.15) is 11.8 Å². The maximum absolute atomic E-state index is 9.41. The maximum Gasteiger partial charge on any atom is 0.231 e. The van der Waals surface area contributed by atoms with Crippen molar-refractivity contribution in [1.82, 2.24) is 4.98 Å². The van der Waals surface area contributed by atoms with E-state index in [0.717, 1.165) is 39.4 Å². The van der Waals surface area contributed by atoms with E-state index in [2.05, 4.69) is 16.4 Å². The zero-order chi connectivity index (χ0) is 17.2. The summed E-state index contributed by atoms with van der Waals surface area (Å²) in [4.78, 5) is 4.34. The third kappa shape index (κ3) is 2.76. The molecule has 0 atom stereocenters. The number of ether oxygens (including phenoxy) is 3. The molecule has 1 aliphatic heterocycles. The van der Waals surface area contributed by atoms with Crippen LogP contribution in [0.3, 0.4) is 0 Å². The molecule has 0 aliphatic carbocycles. The van der Waals surface area contributed by atoms with E-state index >= 15 is 0 Å². The van der Waals surface area contributed by atoms with Crippen LogP contribution in [0.5, 0.6) is 17.2 Å². The summed E-state index contributed by atoms with van der Waals surface area (Å²) in [6.07, 6.45) is 1.57. The van der Waals surface area contributed by atoms with Gasteiger partial charge < -0.3 is 19.5 Å². The lowest BCUT2D eigenvalue weighted by atomic mass is 10.1. The normalized spacial score (nSPS) is 12.0. The number of rotatable bonds is 4. The number of nitriles is 1. The fourth-order valence-corrected chi connectivity index (χ4v) is 2.82. The van der Waals surface area contributed by atoms with E-state index in [1.165, 1.54) is 0 Å². The van der Waals surface area contributed by atoms with Crippen LogP contribution in [0.25, 0.3) is 10.9 Å². The minimum Gasteiger partial charge on any atom is -0.497 e. The Labute approximate surface area is 144 Å². The molecule has 0 radical (unpaired) electrons. The minimum atomic E-state index is 0.252. The predicted octanol–water partition coefficient (Wildman–Crippen LogP) is 3.46. The SMILES string of the molecule is COc1ccc2c(NCc3ccc4c(c3)OCO4)c(C#N)cnc2c1. The second kappa shape index (κ2) is 6.21. The van der Waals surface area contributed by atoms with Gasteiger partial charge in [0, 0.05) is 24.2 Å². The third-order valence-electron chi connectivity index (χ3n) is 4.10. The first kappa shape index (κ1) is 15.1. The lowest BCUT2D eigenvalue weighted by molar-refractivity contribution is 0.174. The number of hydrogen-bond acceptors (Lipinski definition) is 6. The van der Waals surface area contributed by atoms with Crippen molar-refractivity contribution in [2.24, 2.45) is 0 Å². The molecule has 25 heavy (non-hydrogen) atoms. The Balaban J connectivity index is 1.67. The van der Waals surface area contributed by atoms with Crippen LogP contribution in [0.15, 0.2) is 42.6 Å². The quantitative estimate of drug-likeness (QED) is 0.788. The lowest BCUT2D eigenvalue weighted by Gasteiger charge is -2.12. The molecule has 0 saturated heterocycles. The fraction of sp³-hybridized carbons (Fsp3) is 0.158. The average molecular weight is 333 g/mol. The van der Waals surface area contributed by atoms with Crippen LogP contribution in [0, 0.1) is 11.3 Å². The number of anilines is 1. The summed E-state index contributed by atoms with van der Waals surface area (Å²) in [5, 5.41) is 13.6. The largest absolute Gasteiger partial charge is 0.497 e. The number of aromatic nitrogens is 1. The van der Waals surface area contributed by atoms with Gasteiger partial charge in [-0.05, 0) is 29.8 Å². The van der Waals surface area contributed by atoms with E-state index in [9.17, 15) is 5.26 Å². The van der Waals surface area contributed by atoms with Gasteiger partial charge in [-0.15, -0.1) is 0 Å². The average Bonchev–Trinajstić information content (AvgIpc) is 3.13. The number of methoxy groups -OCH3 is 1. The van der Waals surface area contributed by atoms with E-state index in [-0.39, 0.29) is 6.79 Å². The number of hydrogen-bond donors (Lipinski definition) is 1. The molecule has 0 bridgehead atoms. The molecule has 1 N–H and O–H groups in total. The summed E-state index contributed by atoms with van der Waals surface area (Å²) < 4.78 is 16.0. The van der Waals surface area contributed by atoms with Gasteiger partial charge in [-0.2, -0.15) is 5.26 Å². The van der Waals surface area contributed by atoms with Crippen LogP contribution in [0.2, 0.25) is 0 Å². The standard InChI is InChI=1S/C19H15N3O3/c1-23-14-3-4-15-16(7-14)21-10-13(8-20)19(15)22-9-12-2-5-17-18(6-12)25-11-24-17/h2-7,10H,9,11H2,1H3,(H,21,22). The summed E-state index contributed by atoms with van der Waals surface area (Å²) in [6, 6.07) is 13.6. The zero-order valence-corrected chi connectivity index (χ0v) is 13.6. The van der Waals surface area contributed by atoms with Crippen molar-refractivity contribution in [1.29, 1.82) is 5.26 Å². The Morgan fingerprint density at radius 2 is 2.08 bits per heavy atom. The second-order valence-electron chi connectivity index (χ2n) is 5.58. The molecule has 3 aromatic rings. The molecule has 0 unspecified atom stereocenters. The lowest BCUT2D eigenvalue weighted by Crippen LogP contribution is -2.03. The topological polar surface area (TPSA) is 76.4 Å². The van der Waals surface area contributed by atoms with E-state index in [0.29, 0.717) is 12.1 Å². The molecule has 1 aliphatic rings. The van der Waals surface area contributed by atoms with Gasteiger partial charge in [0.05, 0.1) is 23.9 Å². The Bertz CT molecular complexity index is 995. The van der Waals surface area contributed by atoms with Crippen LogP contribution in [-0.4, -0.2) is 18.9 Å². The molecular formula is C19H15N3O3. The molecule has 2 heterocycles. The highest BCUT2D eigenvalue weighted by atomic mass is 16.7. The molecular weight excluding hydrogens is 318 g/mol. The van der Waals surface area contributed by atoms with Crippen molar-refractivity contribution in [3.05, 3.63) is 53.7 Å². The number of nitrogens with one attached hydrogen (secondary N) is 1. The summed E-state index contributed by atoms with van der Waals surface area (Å²) in [5.41, 5.74) is 3.06. The van der Waals surface area contributed by atoms with Gasteiger partial charge in [0.15, 0.2) is 11.5 Å². The van der Waals surface area contributed by atoms with Gasteiger partial charge >= 0.3 is 0 Å². The molecule has 4 rings (SSSR count). The van der Waals surface area contributed by atoms with Gasteiger partial charge in [-0.3, -0.25) is 4.98 Å². The molecule has 2 aromatic carbocycles. The van der Waals surface area contributed by atoms with E-state index in [4.69, 9.17) is 14.2 Å². The van der Waals surface area contributed by atoms with Gasteiger partial charge in [-0.1, -0.05) is 6.07 Å². The molecule has 124 valence electrons. The number of benzene rings is 2. The zero-order valence-electron chi connectivity index (χ0n) is 13.6. The van der Waals surface area contributed by atoms with Crippen molar-refractivity contribution < 1.29 is 14.2 Å². The minimum absolute atomic E-state index is 0.252. The molecule has 0 spiro atoms. The van der Waals surface area contributed by atoms with E-state index < -0.39 is 0 Å². The highest BCUT2D eigenvalue weighted by Crippen LogP contribution is 2.33. The van der Waals surface area contributed by atoms with Crippen LogP contribution in [0.4, 0.5) is 5.69 Å². The predicted molar refractivity (Wildman–Crippen MR) is 92.9 cm³/mol. The highest BCUT2D eigenvalue weighted by molar-refractivity contribution is 5.94. The number of pyridine rings is 1. The Morgan fingerprint density at radius 1 is 1.20 bits per heavy atom. The summed E-state index contributed by atoms with van der Waals surface area (Å²) in [6.45, 7) is 0.804. The molecule has 0 amide bonds. The van der Waals surface area contributed by atoms with Gasteiger partial charge in [-0.25, -0.2) is 0 Å². The summed E-state index contributed by atoms with van der Waals surface area (Å²) >= 11 is 0. The van der Waals surface area contributed by atoms with Crippen molar-refractivity contribution in [3.8, 4) is 23.3 Å². The first-order chi connectivity index (χ1) is 12.3. The molecule has 6 heteroatoms. The molecule has 1 aromatic heterocycles. The first-order valence-electron chi connectivity index (χ1n) is 7.78. The third-order valence-corrected chi connectivity index (χ3v) is 4.10. The molecule has 6 nitrogen and oxygen atoms in total. The fourth-order valence-electron chi connectivity index (χ4n) is 2.82. The number of fused-ring (bicyclic) bond motifs is 2. The maximum atomic E-state index is 9.41. The summed E-state index contributed by atoms with van der Waals surface area (Å²) in [5.74, 6) is 2.22. The Kier molecular flexibility index (Phi) is 3.75. The van der Waals surface area contributed by atoms with Crippen molar-refractivity contribution >= 4 is 16.6 Å². The van der Waals surface area contributed by atoms with Gasteiger partial charge in [0.2, 0.25) is 6.79 Å². The molecule has 0 saturated carbocycles. The van der Waals surface area contributed by atoms with Gasteiger partial charge in [0.25, 0.3) is 0 Å². The monoisotopic (exact) mass is 333 g/mol. The number of nitrogens with zero attached hydrogens (tertiary/aromatic N) is 2. The highest BCUT2D eigenvalue weighted by Gasteiger charge is 2.14. The van der Waals surface area contributed by atoms with Crippen molar-refractivity contribution in [2.45, 2.75) is 6.54 Å².